The minimum absolute atomic E-state index is 0.0260. The number of carbonyl (C=O) groups is 1. The van der Waals surface area contributed by atoms with Crippen molar-refractivity contribution in [2.45, 2.75) is 31.3 Å². The molecule has 6 nitrogen and oxygen atoms in total. The van der Waals surface area contributed by atoms with Crippen LogP contribution in [0.4, 0.5) is 5.95 Å². The molecule has 0 aliphatic carbocycles. The summed E-state index contributed by atoms with van der Waals surface area (Å²) in [6, 6.07) is 10.1. The molecule has 1 heterocycles. The summed E-state index contributed by atoms with van der Waals surface area (Å²) in [5.41, 5.74) is 7.04. The second-order valence-corrected chi connectivity index (χ2v) is 5.71. The van der Waals surface area contributed by atoms with Crippen molar-refractivity contribution in [1.29, 1.82) is 0 Å². The van der Waals surface area contributed by atoms with E-state index >= 15 is 0 Å². The Kier molecular flexibility index (Phi) is 5.83. The molecular formula is C15H21N5OS. The van der Waals surface area contributed by atoms with Crippen LogP contribution in [0.25, 0.3) is 0 Å². The number of amides is 1. The molecule has 0 bridgehead atoms. The Morgan fingerprint density at radius 1 is 1.23 bits per heavy atom. The molecule has 0 aliphatic rings. The van der Waals surface area contributed by atoms with E-state index in [1.807, 2.05) is 32.0 Å². The summed E-state index contributed by atoms with van der Waals surface area (Å²) < 4.78 is 1.67. The molecule has 0 atom stereocenters. The molecule has 2 rings (SSSR count). The largest absolute Gasteiger partial charge is 0.368 e. The van der Waals surface area contributed by atoms with E-state index in [2.05, 4.69) is 22.3 Å². The third kappa shape index (κ3) is 4.00. The molecule has 2 N–H and O–H groups in total. The average Bonchev–Trinajstić information content (AvgIpc) is 2.88. The van der Waals surface area contributed by atoms with Crippen LogP contribution in [-0.4, -0.2) is 38.7 Å². The number of benzene rings is 1. The number of nitrogen functional groups attached to an aromatic ring is 1. The summed E-state index contributed by atoms with van der Waals surface area (Å²) in [7, 11) is 0. The van der Waals surface area contributed by atoms with Gasteiger partial charge in [-0.1, -0.05) is 42.1 Å². The van der Waals surface area contributed by atoms with E-state index in [0.29, 0.717) is 18.2 Å². The molecule has 0 spiro atoms. The van der Waals surface area contributed by atoms with Gasteiger partial charge in [-0.3, -0.25) is 9.36 Å². The lowest BCUT2D eigenvalue weighted by Gasteiger charge is -2.19. The molecule has 0 saturated heterocycles. The molecule has 0 radical (unpaired) electrons. The summed E-state index contributed by atoms with van der Waals surface area (Å²) in [6.45, 7) is 5.47. The van der Waals surface area contributed by atoms with Crippen molar-refractivity contribution >= 4 is 23.6 Å². The van der Waals surface area contributed by atoms with Gasteiger partial charge in [0, 0.05) is 18.8 Å². The van der Waals surface area contributed by atoms with E-state index in [1.54, 1.807) is 9.47 Å². The third-order valence-electron chi connectivity index (χ3n) is 3.37. The number of likely N-dealkylation sites (N-methyl/N-ethyl adjacent to an activating group) is 1. The van der Waals surface area contributed by atoms with E-state index in [4.69, 9.17) is 5.73 Å². The SMILES string of the molecule is CCN(CC)C(=O)Cn1c(N)nnc1SCc1ccccc1. The Morgan fingerprint density at radius 3 is 2.55 bits per heavy atom. The zero-order valence-electron chi connectivity index (χ0n) is 12.9. The fraction of sp³-hybridized carbons (Fsp3) is 0.400. The van der Waals surface area contributed by atoms with Crippen LogP contribution in [0.15, 0.2) is 35.5 Å². The first kappa shape index (κ1) is 16.4. The number of rotatable bonds is 7. The van der Waals surface area contributed by atoms with Crippen LogP contribution in [0.2, 0.25) is 0 Å². The van der Waals surface area contributed by atoms with Gasteiger partial charge in [0.15, 0.2) is 5.16 Å². The van der Waals surface area contributed by atoms with Crippen molar-refractivity contribution in [3.05, 3.63) is 35.9 Å². The van der Waals surface area contributed by atoms with Crippen LogP contribution in [0.3, 0.4) is 0 Å². The molecule has 0 saturated carbocycles. The van der Waals surface area contributed by atoms with Gasteiger partial charge in [-0.2, -0.15) is 0 Å². The molecule has 7 heteroatoms. The zero-order valence-corrected chi connectivity index (χ0v) is 13.7. The van der Waals surface area contributed by atoms with Crippen molar-refractivity contribution in [1.82, 2.24) is 19.7 Å². The maximum Gasteiger partial charge on any atom is 0.242 e. The van der Waals surface area contributed by atoms with Crippen LogP contribution in [0.1, 0.15) is 19.4 Å². The Balaban J connectivity index is 2.06. The van der Waals surface area contributed by atoms with E-state index in [1.165, 1.54) is 17.3 Å². The minimum atomic E-state index is 0.0260. The van der Waals surface area contributed by atoms with Gasteiger partial charge in [0.2, 0.25) is 11.9 Å². The molecule has 1 aromatic carbocycles. The summed E-state index contributed by atoms with van der Waals surface area (Å²) in [6.07, 6.45) is 0. The first-order valence-electron chi connectivity index (χ1n) is 7.28. The monoisotopic (exact) mass is 319 g/mol. The van der Waals surface area contributed by atoms with Crippen LogP contribution in [0, 0.1) is 0 Å². The second-order valence-electron chi connectivity index (χ2n) is 4.77. The van der Waals surface area contributed by atoms with Crippen molar-refractivity contribution in [3.8, 4) is 0 Å². The first-order valence-corrected chi connectivity index (χ1v) is 8.27. The highest BCUT2D eigenvalue weighted by Crippen LogP contribution is 2.22. The number of hydrogen-bond acceptors (Lipinski definition) is 5. The topological polar surface area (TPSA) is 77.0 Å². The van der Waals surface area contributed by atoms with Crippen LogP contribution >= 0.6 is 11.8 Å². The molecule has 2 aromatic rings. The van der Waals surface area contributed by atoms with E-state index in [0.717, 1.165) is 5.75 Å². The molecule has 0 unspecified atom stereocenters. The van der Waals surface area contributed by atoms with Gasteiger partial charge in [0.05, 0.1) is 0 Å². The highest BCUT2D eigenvalue weighted by molar-refractivity contribution is 7.98. The minimum Gasteiger partial charge on any atom is -0.368 e. The predicted octanol–water partition coefficient (Wildman–Crippen LogP) is 2.02. The standard InChI is InChI=1S/C15H21N5OS/c1-3-19(4-2)13(21)10-20-14(16)17-18-15(20)22-11-12-8-6-5-7-9-12/h5-9H,3-4,10-11H2,1-2H3,(H2,16,17). The van der Waals surface area contributed by atoms with Gasteiger partial charge in [0.1, 0.15) is 6.54 Å². The molecular weight excluding hydrogens is 298 g/mol. The highest BCUT2D eigenvalue weighted by Gasteiger charge is 2.16. The van der Waals surface area contributed by atoms with Gasteiger partial charge in [0.25, 0.3) is 0 Å². The Labute approximate surface area is 134 Å². The van der Waals surface area contributed by atoms with Gasteiger partial charge in [-0.25, -0.2) is 0 Å². The predicted molar refractivity (Wildman–Crippen MR) is 88.4 cm³/mol. The molecule has 0 aliphatic heterocycles. The number of hydrogen-bond donors (Lipinski definition) is 1. The Bertz CT molecular complexity index is 610. The van der Waals surface area contributed by atoms with E-state index < -0.39 is 0 Å². The summed E-state index contributed by atoms with van der Waals surface area (Å²) >= 11 is 1.53. The number of anilines is 1. The van der Waals surface area contributed by atoms with Crippen LogP contribution < -0.4 is 5.73 Å². The maximum atomic E-state index is 12.2. The fourth-order valence-corrected chi connectivity index (χ4v) is 2.99. The number of nitrogens with zero attached hydrogens (tertiary/aromatic N) is 4. The van der Waals surface area contributed by atoms with Gasteiger partial charge in [-0.05, 0) is 19.4 Å². The van der Waals surface area contributed by atoms with Crippen molar-refractivity contribution in [2.75, 3.05) is 18.8 Å². The smallest absolute Gasteiger partial charge is 0.242 e. The highest BCUT2D eigenvalue weighted by atomic mass is 32.2. The van der Waals surface area contributed by atoms with Crippen molar-refractivity contribution < 1.29 is 4.79 Å². The lowest BCUT2D eigenvalue weighted by atomic mass is 10.2. The summed E-state index contributed by atoms with van der Waals surface area (Å²) in [4.78, 5) is 14.0. The molecule has 1 aromatic heterocycles. The maximum absolute atomic E-state index is 12.2. The van der Waals surface area contributed by atoms with Crippen LogP contribution in [0.5, 0.6) is 0 Å². The first-order chi connectivity index (χ1) is 10.7. The van der Waals surface area contributed by atoms with E-state index in [-0.39, 0.29) is 18.4 Å². The molecule has 1 amide bonds. The second kappa shape index (κ2) is 7.84. The van der Waals surface area contributed by atoms with Crippen LogP contribution in [-0.2, 0) is 17.1 Å². The quantitative estimate of drug-likeness (QED) is 0.790. The number of carbonyl (C=O) groups excluding carboxylic acids is 1. The lowest BCUT2D eigenvalue weighted by Crippen LogP contribution is -2.33. The molecule has 118 valence electrons. The summed E-state index contributed by atoms with van der Waals surface area (Å²) in [5.74, 6) is 1.06. The van der Waals surface area contributed by atoms with Gasteiger partial charge >= 0.3 is 0 Å². The van der Waals surface area contributed by atoms with Gasteiger partial charge in [-0.15, -0.1) is 10.2 Å². The molecule has 0 fully saturated rings. The van der Waals surface area contributed by atoms with Gasteiger partial charge < -0.3 is 10.6 Å². The number of aromatic nitrogens is 3. The normalized spacial score (nSPS) is 10.6. The number of thioether (sulfide) groups is 1. The Hall–Kier alpha value is -2.02. The van der Waals surface area contributed by atoms with E-state index in [9.17, 15) is 4.79 Å². The third-order valence-corrected chi connectivity index (χ3v) is 4.40. The molecule has 22 heavy (non-hydrogen) atoms. The van der Waals surface area contributed by atoms with Crippen molar-refractivity contribution in [3.63, 3.8) is 0 Å². The van der Waals surface area contributed by atoms with Crippen molar-refractivity contribution in [2.24, 2.45) is 0 Å². The average molecular weight is 319 g/mol. The zero-order chi connectivity index (χ0) is 15.9. The number of nitrogens with two attached hydrogens (primary N) is 1. The summed E-state index contributed by atoms with van der Waals surface area (Å²) in [5, 5.41) is 8.64. The Morgan fingerprint density at radius 2 is 1.91 bits per heavy atom. The fourth-order valence-electron chi connectivity index (χ4n) is 2.09. The lowest BCUT2D eigenvalue weighted by molar-refractivity contribution is -0.131.